The Bertz CT molecular complexity index is 708. The molecule has 0 aliphatic rings. The van der Waals surface area contributed by atoms with Gasteiger partial charge in [-0.3, -0.25) is 0 Å². The Labute approximate surface area is 113 Å². The second-order valence-electron chi connectivity index (χ2n) is 3.96. The van der Waals surface area contributed by atoms with Crippen molar-refractivity contribution in [3.05, 3.63) is 53.0 Å². The van der Waals surface area contributed by atoms with E-state index in [0.717, 1.165) is 20.9 Å². The van der Waals surface area contributed by atoms with E-state index in [0.29, 0.717) is 11.6 Å². The van der Waals surface area contributed by atoms with Crippen LogP contribution in [0.3, 0.4) is 0 Å². The molecular formula is C14H10BrN3. The first kappa shape index (κ1) is 11.2. The summed E-state index contributed by atoms with van der Waals surface area (Å²) in [5.41, 5.74) is 7.78. The van der Waals surface area contributed by atoms with Crippen LogP contribution in [0.2, 0.25) is 0 Å². The fourth-order valence-corrected chi connectivity index (χ4v) is 2.09. The molecule has 88 valence electrons. The van der Waals surface area contributed by atoms with Crippen LogP contribution in [0.1, 0.15) is 0 Å². The third-order valence-electron chi connectivity index (χ3n) is 2.74. The van der Waals surface area contributed by atoms with Gasteiger partial charge in [-0.15, -0.1) is 0 Å². The van der Waals surface area contributed by atoms with Gasteiger partial charge in [-0.25, -0.2) is 9.97 Å². The number of nitrogens with two attached hydrogens (primary N) is 1. The van der Waals surface area contributed by atoms with Crippen molar-refractivity contribution >= 4 is 32.7 Å². The number of aromatic nitrogens is 2. The summed E-state index contributed by atoms with van der Waals surface area (Å²) in [7, 11) is 0. The number of benzene rings is 2. The minimum absolute atomic E-state index is 0.513. The third-order valence-corrected chi connectivity index (χ3v) is 3.26. The zero-order chi connectivity index (χ0) is 12.5. The van der Waals surface area contributed by atoms with Gasteiger partial charge in [0.15, 0.2) is 5.82 Å². The Morgan fingerprint density at radius 3 is 2.39 bits per heavy atom. The number of nitrogen functional groups attached to an aromatic ring is 1. The molecule has 4 heteroatoms. The SMILES string of the molecule is Nc1nc(-c2ccc(Br)cc2)nc2ccccc12. The molecule has 0 unspecified atom stereocenters. The number of para-hydroxylation sites is 1. The van der Waals surface area contributed by atoms with Gasteiger partial charge in [0.05, 0.1) is 5.52 Å². The minimum atomic E-state index is 0.513. The highest BCUT2D eigenvalue weighted by Gasteiger charge is 2.06. The van der Waals surface area contributed by atoms with Crippen LogP contribution in [0.5, 0.6) is 0 Å². The monoisotopic (exact) mass is 299 g/mol. The molecule has 0 saturated carbocycles. The lowest BCUT2D eigenvalue weighted by atomic mass is 10.2. The summed E-state index contributed by atoms with van der Waals surface area (Å²) < 4.78 is 1.03. The molecule has 3 aromatic rings. The molecule has 0 radical (unpaired) electrons. The van der Waals surface area contributed by atoms with Crippen LogP contribution in [0, 0.1) is 0 Å². The average molecular weight is 300 g/mol. The molecule has 2 aromatic carbocycles. The summed E-state index contributed by atoms with van der Waals surface area (Å²) >= 11 is 3.41. The Morgan fingerprint density at radius 2 is 1.61 bits per heavy atom. The molecule has 1 heterocycles. The van der Waals surface area contributed by atoms with Crippen LogP contribution in [0.15, 0.2) is 53.0 Å². The normalized spacial score (nSPS) is 10.7. The highest BCUT2D eigenvalue weighted by Crippen LogP contribution is 2.23. The number of halogens is 1. The molecule has 0 fully saturated rings. The second kappa shape index (κ2) is 4.38. The van der Waals surface area contributed by atoms with Crippen molar-refractivity contribution < 1.29 is 0 Å². The minimum Gasteiger partial charge on any atom is -0.383 e. The maximum atomic E-state index is 5.96. The van der Waals surface area contributed by atoms with Crippen LogP contribution >= 0.6 is 15.9 Å². The van der Waals surface area contributed by atoms with Gasteiger partial charge in [-0.1, -0.05) is 40.2 Å². The number of rotatable bonds is 1. The van der Waals surface area contributed by atoms with Crippen molar-refractivity contribution in [1.29, 1.82) is 0 Å². The number of nitrogens with zero attached hydrogens (tertiary/aromatic N) is 2. The Balaban J connectivity index is 2.21. The van der Waals surface area contributed by atoms with E-state index < -0.39 is 0 Å². The maximum Gasteiger partial charge on any atom is 0.162 e. The van der Waals surface area contributed by atoms with Crippen LogP contribution in [-0.2, 0) is 0 Å². The molecule has 1 aromatic heterocycles. The molecule has 2 N–H and O–H groups in total. The van der Waals surface area contributed by atoms with E-state index in [9.17, 15) is 0 Å². The fraction of sp³-hybridized carbons (Fsp3) is 0. The lowest BCUT2D eigenvalue weighted by molar-refractivity contribution is 1.23. The van der Waals surface area contributed by atoms with Crippen molar-refractivity contribution in [1.82, 2.24) is 9.97 Å². The topological polar surface area (TPSA) is 51.8 Å². The van der Waals surface area contributed by atoms with E-state index in [-0.39, 0.29) is 0 Å². The summed E-state index contributed by atoms with van der Waals surface area (Å²) in [4.78, 5) is 8.88. The van der Waals surface area contributed by atoms with Crippen LogP contribution in [0.25, 0.3) is 22.3 Å². The lowest BCUT2D eigenvalue weighted by Crippen LogP contribution is -1.97. The highest BCUT2D eigenvalue weighted by molar-refractivity contribution is 9.10. The van der Waals surface area contributed by atoms with Gasteiger partial charge < -0.3 is 5.73 Å². The van der Waals surface area contributed by atoms with Gasteiger partial charge in [0.1, 0.15) is 5.82 Å². The molecule has 0 spiro atoms. The smallest absolute Gasteiger partial charge is 0.162 e. The fourth-order valence-electron chi connectivity index (χ4n) is 1.83. The molecule has 3 rings (SSSR count). The molecule has 0 bridgehead atoms. The second-order valence-corrected chi connectivity index (χ2v) is 4.87. The zero-order valence-electron chi connectivity index (χ0n) is 9.47. The molecule has 0 saturated heterocycles. The quantitative estimate of drug-likeness (QED) is 0.746. The highest BCUT2D eigenvalue weighted by atomic mass is 79.9. The van der Waals surface area contributed by atoms with Gasteiger partial charge in [0.2, 0.25) is 0 Å². The molecule has 18 heavy (non-hydrogen) atoms. The Kier molecular flexibility index (Phi) is 2.72. The summed E-state index contributed by atoms with van der Waals surface area (Å²) in [6.45, 7) is 0. The lowest BCUT2D eigenvalue weighted by Gasteiger charge is -2.05. The molecule has 0 aliphatic carbocycles. The van der Waals surface area contributed by atoms with Crippen molar-refractivity contribution in [2.45, 2.75) is 0 Å². The predicted molar refractivity (Wildman–Crippen MR) is 77.1 cm³/mol. The van der Waals surface area contributed by atoms with Gasteiger partial charge in [0.25, 0.3) is 0 Å². The predicted octanol–water partition coefficient (Wildman–Crippen LogP) is 3.64. The van der Waals surface area contributed by atoms with E-state index in [4.69, 9.17) is 5.73 Å². The van der Waals surface area contributed by atoms with Gasteiger partial charge in [-0.2, -0.15) is 0 Å². The van der Waals surface area contributed by atoms with E-state index in [1.807, 2.05) is 48.5 Å². The van der Waals surface area contributed by atoms with Crippen LogP contribution in [0.4, 0.5) is 5.82 Å². The summed E-state index contributed by atoms with van der Waals surface area (Å²) in [5.74, 6) is 1.16. The third kappa shape index (κ3) is 1.95. The van der Waals surface area contributed by atoms with Crippen LogP contribution < -0.4 is 5.73 Å². The first-order chi connectivity index (χ1) is 8.74. The summed E-state index contributed by atoms with van der Waals surface area (Å²) in [6.07, 6.45) is 0. The van der Waals surface area contributed by atoms with Gasteiger partial charge in [0, 0.05) is 15.4 Å². The van der Waals surface area contributed by atoms with Gasteiger partial charge >= 0.3 is 0 Å². The van der Waals surface area contributed by atoms with Crippen molar-refractivity contribution in [3.8, 4) is 11.4 Å². The van der Waals surface area contributed by atoms with E-state index in [1.165, 1.54) is 0 Å². The van der Waals surface area contributed by atoms with Crippen molar-refractivity contribution in [2.75, 3.05) is 5.73 Å². The maximum absolute atomic E-state index is 5.96. The van der Waals surface area contributed by atoms with Gasteiger partial charge in [-0.05, 0) is 24.3 Å². The largest absolute Gasteiger partial charge is 0.383 e. The Morgan fingerprint density at radius 1 is 0.889 bits per heavy atom. The number of anilines is 1. The number of hydrogen-bond acceptors (Lipinski definition) is 3. The summed E-state index contributed by atoms with van der Waals surface area (Å²) in [6, 6.07) is 15.6. The van der Waals surface area contributed by atoms with Crippen molar-refractivity contribution in [2.24, 2.45) is 0 Å². The average Bonchev–Trinajstić information content (AvgIpc) is 2.39. The first-order valence-electron chi connectivity index (χ1n) is 5.52. The number of hydrogen-bond donors (Lipinski definition) is 1. The van der Waals surface area contributed by atoms with Crippen LogP contribution in [-0.4, -0.2) is 9.97 Å². The molecule has 0 atom stereocenters. The summed E-state index contributed by atoms with van der Waals surface area (Å²) in [5, 5.41) is 0.887. The standard InChI is InChI=1S/C14H10BrN3/c15-10-7-5-9(6-8-10)14-17-12-4-2-1-3-11(12)13(16)18-14/h1-8H,(H2,16,17,18). The van der Waals surface area contributed by atoms with E-state index >= 15 is 0 Å². The number of fused-ring (bicyclic) bond motifs is 1. The van der Waals surface area contributed by atoms with Crippen molar-refractivity contribution in [3.63, 3.8) is 0 Å². The molecular weight excluding hydrogens is 290 g/mol. The van der Waals surface area contributed by atoms with E-state index in [2.05, 4.69) is 25.9 Å². The molecule has 3 nitrogen and oxygen atoms in total. The van der Waals surface area contributed by atoms with E-state index in [1.54, 1.807) is 0 Å². The Hall–Kier alpha value is -1.94. The zero-order valence-corrected chi connectivity index (χ0v) is 11.1. The molecule has 0 aliphatic heterocycles. The first-order valence-corrected chi connectivity index (χ1v) is 6.31. The molecule has 0 amide bonds.